The van der Waals surface area contributed by atoms with E-state index >= 15 is 0 Å². The third-order valence-electron chi connectivity index (χ3n) is 5.32. The van der Waals surface area contributed by atoms with Gasteiger partial charge in [0.1, 0.15) is 0 Å². The first-order valence-corrected chi connectivity index (χ1v) is 7.41. The minimum Gasteiger partial charge on any atom is -0.304 e. The first kappa shape index (κ1) is 12.2. The maximum Gasteiger partial charge on any atom is 0.0957 e. The molecule has 0 radical (unpaired) electrons. The molecule has 2 nitrogen and oxygen atoms in total. The van der Waals surface area contributed by atoms with Crippen molar-refractivity contribution in [3.8, 4) is 6.07 Å². The molecule has 0 saturated heterocycles. The van der Waals surface area contributed by atoms with Gasteiger partial charge in [-0.15, -0.1) is 0 Å². The molecule has 0 heterocycles. The molecule has 0 spiro atoms. The van der Waals surface area contributed by atoms with Gasteiger partial charge in [0, 0.05) is 12.1 Å². The quantitative estimate of drug-likeness (QED) is 0.713. The van der Waals surface area contributed by atoms with E-state index in [1.165, 1.54) is 32.1 Å². The summed E-state index contributed by atoms with van der Waals surface area (Å²) < 4.78 is 0. The van der Waals surface area contributed by atoms with Gasteiger partial charge in [-0.3, -0.25) is 0 Å². The highest BCUT2D eigenvalue weighted by Gasteiger charge is 2.47. The predicted octanol–water partition coefficient (Wildman–Crippen LogP) is 3.07. The lowest BCUT2D eigenvalue weighted by Crippen LogP contribution is -2.44. The summed E-state index contributed by atoms with van der Waals surface area (Å²) in [6.45, 7) is 0.805. The molecule has 0 N–H and O–H groups in total. The number of likely N-dealkylation sites (N-methyl/N-ethyl adjacent to an activating group) is 1. The molecule has 4 aliphatic carbocycles. The normalized spacial score (nSPS) is 42.3. The Hall–Kier alpha value is -0.810. The number of allylic oxidation sites excluding steroid dienone is 1. The van der Waals surface area contributed by atoms with Crippen molar-refractivity contribution in [1.29, 1.82) is 5.26 Å². The van der Waals surface area contributed by atoms with E-state index < -0.39 is 0 Å². The van der Waals surface area contributed by atoms with E-state index in [0.717, 1.165) is 35.8 Å². The Bertz CT molecular complexity index is 360. The molecule has 4 rings (SSSR count). The smallest absolute Gasteiger partial charge is 0.0957 e. The molecule has 4 aliphatic rings. The fourth-order valence-corrected chi connectivity index (χ4v) is 4.94. The minimum absolute atomic E-state index is 0.715. The van der Waals surface area contributed by atoms with Crippen LogP contribution in [0.5, 0.6) is 0 Å². The van der Waals surface area contributed by atoms with Crippen molar-refractivity contribution < 1.29 is 0 Å². The number of nitrogens with zero attached hydrogens (tertiary/aromatic N) is 2. The molecule has 0 aromatic carbocycles. The van der Waals surface area contributed by atoms with E-state index in [4.69, 9.17) is 0 Å². The first-order chi connectivity index (χ1) is 8.65. The van der Waals surface area contributed by atoms with Crippen LogP contribution in [-0.4, -0.2) is 25.5 Å². The van der Waals surface area contributed by atoms with Crippen LogP contribution in [0, 0.1) is 40.9 Å². The molecule has 0 aromatic rings. The van der Waals surface area contributed by atoms with Gasteiger partial charge in [0.25, 0.3) is 0 Å². The second kappa shape index (κ2) is 4.70. The summed E-state index contributed by atoms with van der Waals surface area (Å²) in [5.74, 6) is 4.55. The van der Waals surface area contributed by atoms with E-state index in [0.29, 0.717) is 5.92 Å². The molecule has 4 bridgehead atoms. The summed E-state index contributed by atoms with van der Waals surface area (Å²) in [7, 11) is 4.09. The minimum atomic E-state index is 0.715. The molecule has 4 saturated carbocycles. The standard InChI is InChI=1S/C16H24N2/c1-18(2)10-13(9-17)8-16-14-4-11-3-12(6-14)7-15(16)5-11/h8,11-12,14-16H,3-7,10H2,1-2H3/b13-8-. The Kier molecular flexibility index (Phi) is 3.20. The van der Waals surface area contributed by atoms with Gasteiger partial charge in [-0.2, -0.15) is 5.26 Å². The van der Waals surface area contributed by atoms with E-state index in [-0.39, 0.29) is 0 Å². The maximum atomic E-state index is 9.28. The number of nitriles is 1. The van der Waals surface area contributed by atoms with Gasteiger partial charge in [-0.1, -0.05) is 6.08 Å². The maximum absolute atomic E-state index is 9.28. The van der Waals surface area contributed by atoms with Gasteiger partial charge in [-0.05, 0) is 75.8 Å². The lowest BCUT2D eigenvalue weighted by molar-refractivity contribution is -0.0164. The summed E-state index contributed by atoms with van der Waals surface area (Å²) in [6.07, 6.45) is 9.60. The fraction of sp³-hybridized carbons (Fsp3) is 0.812. The van der Waals surface area contributed by atoms with Crippen LogP contribution in [0.25, 0.3) is 0 Å². The topological polar surface area (TPSA) is 27.0 Å². The molecular formula is C16H24N2. The monoisotopic (exact) mass is 244 g/mol. The van der Waals surface area contributed by atoms with E-state index in [1.54, 1.807) is 0 Å². The van der Waals surface area contributed by atoms with Crippen LogP contribution in [0.15, 0.2) is 11.6 Å². The van der Waals surface area contributed by atoms with Gasteiger partial charge in [-0.25, -0.2) is 0 Å². The van der Waals surface area contributed by atoms with Crippen molar-refractivity contribution in [2.45, 2.75) is 32.1 Å². The molecule has 98 valence electrons. The molecule has 0 aliphatic heterocycles. The zero-order valence-corrected chi connectivity index (χ0v) is 11.6. The molecule has 2 heteroatoms. The number of hydrogen-bond acceptors (Lipinski definition) is 2. The van der Waals surface area contributed by atoms with Crippen molar-refractivity contribution in [3.05, 3.63) is 11.6 Å². The Morgan fingerprint density at radius 1 is 1.11 bits per heavy atom. The van der Waals surface area contributed by atoms with Crippen LogP contribution in [0.1, 0.15) is 32.1 Å². The third kappa shape index (κ3) is 2.21. The average Bonchev–Trinajstić information content (AvgIpc) is 2.30. The second-order valence-electron chi connectivity index (χ2n) is 7.05. The summed E-state index contributed by atoms with van der Waals surface area (Å²) in [4.78, 5) is 2.10. The number of rotatable bonds is 3. The van der Waals surface area contributed by atoms with Gasteiger partial charge in [0.2, 0.25) is 0 Å². The van der Waals surface area contributed by atoms with Crippen molar-refractivity contribution in [2.75, 3.05) is 20.6 Å². The summed E-state index contributed by atoms with van der Waals surface area (Å²) >= 11 is 0. The van der Waals surface area contributed by atoms with Crippen LogP contribution in [0.2, 0.25) is 0 Å². The van der Waals surface area contributed by atoms with Crippen molar-refractivity contribution in [2.24, 2.45) is 29.6 Å². The van der Waals surface area contributed by atoms with Gasteiger partial charge in [0.05, 0.1) is 6.07 Å². The molecule has 0 amide bonds. The van der Waals surface area contributed by atoms with Crippen LogP contribution < -0.4 is 0 Å². The summed E-state index contributed by atoms with van der Waals surface area (Å²) in [5, 5.41) is 9.28. The van der Waals surface area contributed by atoms with Crippen LogP contribution >= 0.6 is 0 Å². The fourth-order valence-electron chi connectivity index (χ4n) is 4.94. The van der Waals surface area contributed by atoms with Crippen molar-refractivity contribution >= 4 is 0 Å². The third-order valence-corrected chi connectivity index (χ3v) is 5.32. The van der Waals surface area contributed by atoms with E-state index in [1.807, 2.05) is 14.1 Å². The highest BCUT2D eigenvalue weighted by Crippen LogP contribution is 2.57. The molecule has 0 unspecified atom stereocenters. The molecule has 4 fully saturated rings. The Morgan fingerprint density at radius 3 is 2.11 bits per heavy atom. The lowest BCUT2D eigenvalue weighted by Gasteiger charge is -2.53. The summed E-state index contributed by atoms with van der Waals surface area (Å²) in [6, 6.07) is 2.41. The van der Waals surface area contributed by atoms with Gasteiger partial charge in [0.15, 0.2) is 0 Å². The molecule has 18 heavy (non-hydrogen) atoms. The predicted molar refractivity (Wildman–Crippen MR) is 72.8 cm³/mol. The summed E-state index contributed by atoms with van der Waals surface area (Å²) in [5.41, 5.74) is 0.984. The zero-order valence-electron chi connectivity index (χ0n) is 11.6. The van der Waals surface area contributed by atoms with Gasteiger partial charge < -0.3 is 4.90 Å². The highest BCUT2D eigenvalue weighted by molar-refractivity contribution is 5.25. The molecule has 0 atom stereocenters. The van der Waals surface area contributed by atoms with E-state index in [9.17, 15) is 5.26 Å². The Labute approximate surface area is 111 Å². The number of hydrogen-bond donors (Lipinski definition) is 0. The first-order valence-electron chi connectivity index (χ1n) is 7.41. The van der Waals surface area contributed by atoms with Crippen molar-refractivity contribution in [3.63, 3.8) is 0 Å². The van der Waals surface area contributed by atoms with Crippen molar-refractivity contribution in [1.82, 2.24) is 4.90 Å². The highest BCUT2D eigenvalue weighted by atomic mass is 15.0. The Morgan fingerprint density at radius 2 is 1.67 bits per heavy atom. The van der Waals surface area contributed by atoms with E-state index in [2.05, 4.69) is 17.0 Å². The zero-order chi connectivity index (χ0) is 12.7. The average molecular weight is 244 g/mol. The van der Waals surface area contributed by atoms with Crippen LogP contribution in [-0.2, 0) is 0 Å². The lowest BCUT2D eigenvalue weighted by atomic mass is 9.52. The second-order valence-corrected chi connectivity index (χ2v) is 7.05. The van der Waals surface area contributed by atoms with Gasteiger partial charge >= 0.3 is 0 Å². The molecular weight excluding hydrogens is 220 g/mol. The Balaban J connectivity index is 1.76. The largest absolute Gasteiger partial charge is 0.304 e. The van der Waals surface area contributed by atoms with Crippen LogP contribution in [0.3, 0.4) is 0 Å². The van der Waals surface area contributed by atoms with Crippen LogP contribution in [0.4, 0.5) is 0 Å². The molecule has 0 aromatic heterocycles. The SMILES string of the molecule is CN(C)C/C(C#N)=C\C1C2CC3CC(C2)CC1C3.